The maximum Gasteiger partial charge on any atom is 0.240 e. The molecule has 3 aromatic rings. The number of aliphatic hydroxyl groups is 1. The summed E-state index contributed by atoms with van der Waals surface area (Å²) >= 11 is 1.48. The largest absolute Gasteiger partial charge is 0.383 e. The first-order chi connectivity index (χ1) is 10.6. The molecule has 2 aromatic heterocycles. The molecular formula is C17H18N2O2S. The van der Waals surface area contributed by atoms with Crippen LogP contribution in [0.1, 0.15) is 11.8 Å². The number of para-hydroxylation sites is 1. The first kappa shape index (κ1) is 14.8. The highest BCUT2D eigenvalue weighted by molar-refractivity contribution is 7.10. The predicted octanol–water partition coefficient (Wildman–Crippen LogP) is 2.73. The number of thiophene rings is 1. The number of carbonyl (C=O) groups excluding carboxylic acids is 1. The van der Waals surface area contributed by atoms with E-state index in [1.54, 1.807) is 6.92 Å². The Kier molecular flexibility index (Phi) is 4.00. The number of amides is 1. The van der Waals surface area contributed by atoms with Crippen molar-refractivity contribution in [2.75, 3.05) is 6.54 Å². The zero-order valence-electron chi connectivity index (χ0n) is 12.3. The van der Waals surface area contributed by atoms with Gasteiger partial charge < -0.3 is 15.0 Å². The molecule has 5 heteroatoms. The monoisotopic (exact) mass is 314 g/mol. The van der Waals surface area contributed by atoms with Gasteiger partial charge in [-0.25, -0.2) is 0 Å². The molecule has 1 aromatic carbocycles. The van der Waals surface area contributed by atoms with Crippen LogP contribution in [0, 0.1) is 0 Å². The lowest BCUT2D eigenvalue weighted by Crippen LogP contribution is -2.39. The van der Waals surface area contributed by atoms with Crippen molar-refractivity contribution >= 4 is 28.1 Å². The molecule has 0 aliphatic heterocycles. The van der Waals surface area contributed by atoms with Crippen LogP contribution in [0.15, 0.2) is 54.0 Å². The van der Waals surface area contributed by atoms with Crippen LogP contribution in [0.4, 0.5) is 0 Å². The molecule has 0 aliphatic rings. The fourth-order valence-corrected chi connectivity index (χ4v) is 3.22. The maximum absolute atomic E-state index is 12.1. The van der Waals surface area contributed by atoms with Crippen molar-refractivity contribution < 1.29 is 9.90 Å². The molecule has 4 nitrogen and oxygen atoms in total. The van der Waals surface area contributed by atoms with Gasteiger partial charge in [0.2, 0.25) is 5.91 Å². The van der Waals surface area contributed by atoms with E-state index in [0.717, 1.165) is 15.8 Å². The average molecular weight is 314 g/mol. The third-order valence-electron chi connectivity index (χ3n) is 3.68. The number of benzene rings is 1. The summed E-state index contributed by atoms with van der Waals surface area (Å²) < 4.78 is 1.91. The molecule has 0 spiro atoms. The summed E-state index contributed by atoms with van der Waals surface area (Å²) in [5.41, 5.74) is -0.00886. The van der Waals surface area contributed by atoms with E-state index in [4.69, 9.17) is 0 Å². The summed E-state index contributed by atoms with van der Waals surface area (Å²) in [4.78, 5) is 13.0. The third-order valence-corrected chi connectivity index (χ3v) is 4.80. The zero-order chi connectivity index (χ0) is 15.6. The minimum Gasteiger partial charge on any atom is -0.383 e. The number of hydrogen-bond acceptors (Lipinski definition) is 3. The first-order valence-corrected chi connectivity index (χ1v) is 8.01. The van der Waals surface area contributed by atoms with Crippen LogP contribution in [-0.4, -0.2) is 22.1 Å². The van der Waals surface area contributed by atoms with E-state index in [0.29, 0.717) is 0 Å². The number of rotatable bonds is 5. The normalized spacial score (nSPS) is 13.9. The minimum atomic E-state index is -1.04. The van der Waals surface area contributed by atoms with Gasteiger partial charge in [0.15, 0.2) is 0 Å². The highest BCUT2D eigenvalue weighted by atomic mass is 32.1. The van der Waals surface area contributed by atoms with Gasteiger partial charge in [0, 0.05) is 16.6 Å². The quantitative estimate of drug-likeness (QED) is 0.761. The number of fused-ring (bicyclic) bond motifs is 1. The standard InChI is InChI=1S/C17H18N2O2S/c1-17(21,15-7-4-10-22-15)12-18-16(20)11-19-9-8-13-5-2-3-6-14(13)19/h2-10,21H,11-12H2,1H3,(H,18,20). The summed E-state index contributed by atoms with van der Waals surface area (Å²) in [6, 6.07) is 13.7. The molecule has 22 heavy (non-hydrogen) atoms. The van der Waals surface area contributed by atoms with Gasteiger partial charge in [-0.1, -0.05) is 24.3 Å². The van der Waals surface area contributed by atoms with Crippen LogP contribution in [0.3, 0.4) is 0 Å². The smallest absolute Gasteiger partial charge is 0.240 e. The highest BCUT2D eigenvalue weighted by Gasteiger charge is 2.24. The summed E-state index contributed by atoms with van der Waals surface area (Å²) in [6.45, 7) is 2.16. The van der Waals surface area contributed by atoms with E-state index in [1.807, 2.05) is 58.6 Å². The fraction of sp³-hybridized carbons (Fsp3) is 0.235. The van der Waals surface area contributed by atoms with Gasteiger partial charge in [-0.3, -0.25) is 4.79 Å². The Morgan fingerprint density at radius 3 is 2.86 bits per heavy atom. The van der Waals surface area contributed by atoms with Crippen molar-refractivity contribution in [3.05, 3.63) is 58.9 Å². The average Bonchev–Trinajstić information content (AvgIpc) is 3.16. The Bertz CT molecular complexity index is 775. The van der Waals surface area contributed by atoms with E-state index in [2.05, 4.69) is 5.32 Å². The van der Waals surface area contributed by atoms with Crippen molar-refractivity contribution in [3.8, 4) is 0 Å². The Morgan fingerprint density at radius 2 is 2.09 bits per heavy atom. The molecule has 2 heterocycles. The van der Waals surface area contributed by atoms with Gasteiger partial charge in [0.25, 0.3) is 0 Å². The zero-order valence-corrected chi connectivity index (χ0v) is 13.1. The minimum absolute atomic E-state index is 0.113. The molecular weight excluding hydrogens is 296 g/mol. The van der Waals surface area contributed by atoms with Crippen LogP contribution in [0.5, 0.6) is 0 Å². The lowest BCUT2D eigenvalue weighted by molar-refractivity contribution is -0.122. The van der Waals surface area contributed by atoms with Gasteiger partial charge in [-0.15, -0.1) is 11.3 Å². The van der Waals surface area contributed by atoms with E-state index in [-0.39, 0.29) is 19.0 Å². The highest BCUT2D eigenvalue weighted by Crippen LogP contribution is 2.24. The summed E-state index contributed by atoms with van der Waals surface area (Å²) in [5.74, 6) is -0.113. The van der Waals surface area contributed by atoms with Gasteiger partial charge >= 0.3 is 0 Å². The molecule has 1 unspecified atom stereocenters. The lowest BCUT2D eigenvalue weighted by Gasteiger charge is -2.22. The Labute approximate surface area is 133 Å². The second-order valence-electron chi connectivity index (χ2n) is 5.53. The van der Waals surface area contributed by atoms with E-state index >= 15 is 0 Å². The molecule has 0 saturated heterocycles. The molecule has 1 atom stereocenters. The van der Waals surface area contributed by atoms with Crippen molar-refractivity contribution in [2.24, 2.45) is 0 Å². The van der Waals surface area contributed by atoms with E-state index in [9.17, 15) is 9.90 Å². The van der Waals surface area contributed by atoms with Crippen molar-refractivity contribution in [2.45, 2.75) is 19.1 Å². The molecule has 0 aliphatic carbocycles. The van der Waals surface area contributed by atoms with E-state index < -0.39 is 5.60 Å². The fourth-order valence-electron chi connectivity index (χ4n) is 2.43. The first-order valence-electron chi connectivity index (χ1n) is 7.13. The van der Waals surface area contributed by atoms with Gasteiger partial charge in [0.05, 0.1) is 6.54 Å². The molecule has 2 N–H and O–H groups in total. The molecule has 3 rings (SSSR count). The second kappa shape index (κ2) is 5.94. The van der Waals surface area contributed by atoms with Gasteiger partial charge in [-0.2, -0.15) is 0 Å². The van der Waals surface area contributed by atoms with Crippen molar-refractivity contribution in [1.29, 1.82) is 0 Å². The summed E-state index contributed by atoms with van der Waals surface area (Å²) in [5, 5.41) is 16.2. The maximum atomic E-state index is 12.1. The molecule has 0 fully saturated rings. The molecule has 0 bridgehead atoms. The number of hydrogen-bond donors (Lipinski definition) is 2. The molecule has 1 amide bonds. The third kappa shape index (κ3) is 3.05. The molecule has 0 saturated carbocycles. The lowest BCUT2D eigenvalue weighted by atomic mass is 10.1. The number of nitrogens with one attached hydrogen (secondary N) is 1. The summed E-state index contributed by atoms with van der Waals surface area (Å²) in [7, 11) is 0. The van der Waals surface area contributed by atoms with Crippen LogP contribution in [0.2, 0.25) is 0 Å². The summed E-state index contributed by atoms with van der Waals surface area (Å²) in [6.07, 6.45) is 1.90. The molecule has 0 radical (unpaired) electrons. The number of aromatic nitrogens is 1. The Morgan fingerprint density at radius 1 is 1.27 bits per heavy atom. The Hall–Kier alpha value is -2.11. The number of carbonyl (C=O) groups is 1. The van der Waals surface area contributed by atoms with Gasteiger partial charge in [0.1, 0.15) is 12.1 Å². The van der Waals surface area contributed by atoms with Crippen LogP contribution >= 0.6 is 11.3 Å². The molecule has 114 valence electrons. The second-order valence-corrected chi connectivity index (χ2v) is 6.48. The predicted molar refractivity (Wildman–Crippen MR) is 88.8 cm³/mol. The number of nitrogens with zero attached hydrogens (tertiary/aromatic N) is 1. The van der Waals surface area contributed by atoms with Crippen LogP contribution in [-0.2, 0) is 16.9 Å². The van der Waals surface area contributed by atoms with Crippen LogP contribution in [0.25, 0.3) is 10.9 Å². The topological polar surface area (TPSA) is 54.3 Å². The van der Waals surface area contributed by atoms with Crippen molar-refractivity contribution in [1.82, 2.24) is 9.88 Å². The SMILES string of the molecule is CC(O)(CNC(=O)Cn1ccc2ccccc21)c1cccs1. The van der Waals surface area contributed by atoms with Gasteiger partial charge in [-0.05, 0) is 35.9 Å². The van der Waals surface area contributed by atoms with Crippen LogP contribution < -0.4 is 5.32 Å². The van der Waals surface area contributed by atoms with Crippen molar-refractivity contribution in [3.63, 3.8) is 0 Å². The Balaban J connectivity index is 1.63. The van der Waals surface area contributed by atoms with E-state index in [1.165, 1.54) is 11.3 Å².